The van der Waals surface area contributed by atoms with Crippen LogP contribution in [-0.4, -0.2) is 41.0 Å². The minimum absolute atomic E-state index is 0.0430. The molecule has 12 heteroatoms. The number of thiophene rings is 1. The van der Waals surface area contributed by atoms with Gasteiger partial charge in [0.2, 0.25) is 5.75 Å². The molecule has 0 radical (unpaired) electrons. The predicted molar refractivity (Wildman–Crippen MR) is 126 cm³/mol. The lowest BCUT2D eigenvalue weighted by Crippen LogP contribution is -2.12. The summed E-state index contributed by atoms with van der Waals surface area (Å²) in [5, 5.41) is 30.9. The van der Waals surface area contributed by atoms with E-state index in [4.69, 9.17) is 9.47 Å². The minimum atomic E-state index is -0.803. The lowest BCUT2D eigenvalue weighted by Gasteiger charge is -2.06. The number of Topliss-reactive ketones (excluding diaryl/α,β-unsaturated/α-hetero) is 1. The molecule has 0 saturated carbocycles. The predicted octanol–water partition coefficient (Wildman–Crippen LogP) is 4.51. The van der Waals surface area contributed by atoms with Crippen molar-refractivity contribution in [3.63, 3.8) is 0 Å². The summed E-state index contributed by atoms with van der Waals surface area (Å²) in [4.78, 5) is 48.4. The summed E-state index contributed by atoms with van der Waals surface area (Å²) in [5.74, 6) is -2.82. The summed E-state index contributed by atoms with van der Waals surface area (Å²) in [5.41, 5.74) is -0.802. The molecule has 0 aliphatic heterocycles. The number of esters is 2. The van der Waals surface area contributed by atoms with Crippen LogP contribution in [-0.2, 0) is 20.7 Å². The van der Waals surface area contributed by atoms with Gasteiger partial charge in [-0.1, -0.05) is 15.9 Å². The molecule has 2 rings (SSSR count). The van der Waals surface area contributed by atoms with Gasteiger partial charge in [0.1, 0.15) is 10.9 Å². The van der Waals surface area contributed by atoms with E-state index in [1.165, 1.54) is 13.0 Å². The number of carbonyl (C=O) groups is 3. The second-order valence-electron chi connectivity index (χ2n) is 6.68. The maximum absolute atomic E-state index is 12.9. The van der Waals surface area contributed by atoms with Gasteiger partial charge < -0.3 is 14.6 Å². The summed E-state index contributed by atoms with van der Waals surface area (Å²) in [6.07, 6.45) is 0.599. The number of phenols is 1. The number of benzene rings is 1. The van der Waals surface area contributed by atoms with E-state index in [0.29, 0.717) is 5.56 Å². The van der Waals surface area contributed by atoms with Crippen molar-refractivity contribution in [1.82, 2.24) is 0 Å². The largest absolute Gasteiger partial charge is 0.502 e. The van der Waals surface area contributed by atoms with Gasteiger partial charge in [-0.3, -0.25) is 14.9 Å². The number of nitriles is 1. The Morgan fingerprint density at radius 3 is 2.41 bits per heavy atom. The Morgan fingerprint density at radius 2 is 1.85 bits per heavy atom. The van der Waals surface area contributed by atoms with Gasteiger partial charge in [-0.25, -0.2) is 9.59 Å². The fraction of sp³-hybridized carbons (Fsp3) is 0.273. The van der Waals surface area contributed by atoms with Crippen LogP contribution in [0.1, 0.15) is 49.9 Å². The van der Waals surface area contributed by atoms with E-state index < -0.39 is 46.1 Å². The molecule has 10 nitrogen and oxygen atoms in total. The van der Waals surface area contributed by atoms with Gasteiger partial charge in [0.25, 0.3) is 0 Å². The first-order valence-corrected chi connectivity index (χ1v) is 11.4. The highest BCUT2D eigenvalue weighted by molar-refractivity contribution is 9.10. The number of carbonyl (C=O) groups excluding carboxylic acids is 3. The average molecular weight is 551 g/mol. The third kappa shape index (κ3) is 5.86. The Hall–Kier alpha value is -3.56. The van der Waals surface area contributed by atoms with E-state index in [1.54, 1.807) is 19.9 Å². The van der Waals surface area contributed by atoms with Gasteiger partial charge in [0, 0.05) is 27.4 Å². The first-order chi connectivity index (χ1) is 16.0. The maximum Gasteiger partial charge on any atom is 0.348 e. The van der Waals surface area contributed by atoms with E-state index in [1.807, 2.05) is 0 Å². The third-order valence-electron chi connectivity index (χ3n) is 4.48. The Kier molecular flexibility index (Phi) is 9.05. The van der Waals surface area contributed by atoms with Crippen molar-refractivity contribution in [1.29, 1.82) is 5.26 Å². The van der Waals surface area contributed by atoms with Crippen molar-refractivity contribution in [2.24, 2.45) is 0 Å². The highest BCUT2D eigenvalue weighted by atomic mass is 79.9. The lowest BCUT2D eigenvalue weighted by molar-refractivity contribution is -0.385. The molecule has 1 N–H and O–H groups in total. The molecule has 1 heterocycles. The van der Waals surface area contributed by atoms with Crippen molar-refractivity contribution in [3.05, 3.63) is 58.7 Å². The first kappa shape index (κ1) is 26.7. The van der Waals surface area contributed by atoms with Crippen LogP contribution in [0.3, 0.4) is 0 Å². The smallest absolute Gasteiger partial charge is 0.348 e. The molecule has 0 spiro atoms. The van der Waals surface area contributed by atoms with Crippen LogP contribution in [0.25, 0.3) is 6.08 Å². The number of hydrogen-bond acceptors (Lipinski definition) is 10. The van der Waals surface area contributed by atoms with E-state index in [0.717, 1.165) is 23.5 Å². The molecule has 1 aromatic carbocycles. The maximum atomic E-state index is 12.9. The van der Waals surface area contributed by atoms with E-state index in [9.17, 15) is 34.9 Å². The van der Waals surface area contributed by atoms with Crippen molar-refractivity contribution >= 4 is 56.8 Å². The van der Waals surface area contributed by atoms with Crippen LogP contribution in [0.2, 0.25) is 0 Å². The molecule has 178 valence electrons. The molecule has 0 fully saturated rings. The van der Waals surface area contributed by atoms with Gasteiger partial charge in [-0.05, 0) is 38.5 Å². The number of aromatic hydroxyl groups is 1. The van der Waals surface area contributed by atoms with Crippen molar-refractivity contribution < 1.29 is 33.9 Å². The van der Waals surface area contributed by atoms with Crippen molar-refractivity contribution in [2.45, 2.75) is 27.2 Å². The zero-order chi connectivity index (χ0) is 25.6. The van der Waals surface area contributed by atoms with Crippen molar-refractivity contribution in [2.75, 3.05) is 13.2 Å². The number of nitro benzene ring substituents is 1. The molecule has 0 bridgehead atoms. The molecule has 0 aliphatic rings. The average Bonchev–Trinajstić information content (AvgIpc) is 3.09. The third-order valence-corrected chi connectivity index (χ3v) is 6.21. The summed E-state index contributed by atoms with van der Waals surface area (Å²) in [6, 6.07) is 4.11. The fourth-order valence-corrected chi connectivity index (χ4v) is 4.63. The Bertz CT molecular complexity index is 1240. The van der Waals surface area contributed by atoms with Gasteiger partial charge in [0.15, 0.2) is 5.78 Å². The first-order valence-electron chi connectivity index (χ1n) is 9.83. The number of nitro groups is 1. The number of hydrogen-bond donors (Lipinski definition) is 1. The van der Waals surface area contributed by atoms with Crippen LogP contribution in [0.4, 0.5) is 5.69 Å². The standard InChI is InChI=1S/C22H19BrN2O8S/c1-4-32-21(28)18-11(3)20(22(29)33-5-2)34-17(18)9-16(26)13(10-24)6-12-7-14(23)8-15(19(12)27)25(30)31/h6-8,27H,4-5,9H2,1-3H3/b13-6+. The molecular formula is C22H19BrN2O8S. The van der Waals surface area contributed by atoms with Crippen LogP contribution >= 0.6 is 27.3 Å². The monoisotopic (exact) mass is 550 g/mol. The minimum Gasteiger partial charge on any atom is -0.502 e. The Labute approximate surface area is 206 Å². The zero-order valence-electron chi connectivity index (χ0n) is 18.3. The molecule has 2 aromatic rings. The number of phenolic OH excluding ortho intramolecular Hbond substituents is 1. The number of nitrogens with zero attached hydrogens (tertiary/aromatic N) is 2. The van der Waals surface area contributed by atoms with Gasteiger partial charge >= 0.3 is 17.6 Å². The van der Waals surface area contributed by atoms with Crippen LogP contribution in [0.15, 0.2) is 22.2 Å². The summed E-state index contributed by atoms with van der Waals surface area (Å²) >= 11 is 3.97. The lowest BCUT2D eigenvalue weighted by atomic mass is 10.0. The van der Waals surface area contributed by atoms with E-state index in [-0.39, 0.29) is 38.6 Å². The zero-order valence-corrected chi connectivity index (χ0v) is 20.7. The number of rotatable bonds is 9. The molecule has 0 atom stereocenters. The Balaban J connectivity index is 2.52. The van der Waals surface area contributed by atoms with Gasteiger partial charge in [0.05, 0.1) is 29.3 Å². The van der Waals surface area contributed by atoms with Gasteiger partial charge in [-0.15, -0.1) is 11.3 Å². The number of allylic oxidation sites excluding steroid dienone is 1. The SMILES string of the molecule is CCOC(=O)c1sc(CC(=O)/C(C#N)=C/c2cc(Br)cc([N+](=O)[O-])c2O)c(C(=O)OCC)c1C. The highest BCUT2D eigenvalue weighted by Gasteiger charge is 2.28. The molecule has 34 heavy (non-hydrogen) atoms. The number of ketones is 1. The van der Waals surface area contributed by atoms with Crippen LogP contribution in [0, 0.1) is 28.4 Å². The van der Waals surface area contributed by atoms with Crippen molar-refractivity contribution in [3.8, 4) is 11.8 Å². The molecule has 0 amide bonds. The normalized spacial score (nSPS) is 11.0. The second kappa shape index (κ2) is 11.5. The molecule has 1 aromatic heterocycles. The molecule has 0 unspecified atom stereocenters. The quantitative estimate of drug-likeness (QED) is 0.156. The van der Waals surface area contributed by atoms with E-state index >= 15 is 0 Å². The van der Waals surface area contributed by atoms with Crippen LogP contribution < -0.4 is 0 Å². The molecule has 0 aliphatic carbocycles. The summed E-state index contributed by atoms with van der Waals surface area (Å²) in [6.45, 7) is 4.95. The van der Waals surface area contributed by atoms with E-state index in [2.05, 4.69) is 15.9 Å². The van der Waals surface area contributed by atoms with Crippen LogP contribution in [0.5, 0.6) is 5.75 Å². The Morgan fingerprint density at radius 1 is 1.24 bits per heavy atom. The summed E-state index contributed by atoms with van der Waals surface area (Å²) in [7, 11) is 0. The van der Waals surface area contributed by atoms with Gasteiger partial charge in [-0.2, -0.15) is 5.26 Å². The number of ether oxygens (including phenoxy) is 2. The molecular weight excluding hydrogens is 532 g/mol. The highest BCUT2D eigenvalue weighted by Crippen LogP contribution is 2.35. The fourth-order valence-electron chi connectivity index (χ4n) is 2.99. The molecule has 0 saturated heterocycles. The number of halogens is 1. The second-order valence-corrected chi connectivity index (χ2v) is 8.71. The topological polar surface area (TPSA) is 157 Å². The summed E-state index contributed by atoms with van der Waals surface area (Å²) < 4.78 is 10.3.